The molecule has 0 saturated carbocycles. The topological polar surface area (TPSA) is 69.2 Å². The third-order valence-corrected chi connectivity index (χ3v) is 3.96. The molecule has 7 nitrogen and oxygen atoms in total. The van der Waals surface area contributed by atoms with Crippen molar-refractivity contribution in [3.05, 3.63) is 5.82 Å². The third-order valence-electron chi connectivity index (χ3n) is 3.96. The molecule has 0 aliphatic rings. The van der Waals surface area contributed by atoms with E-state index in [4.69, 9.17) is 0 Å². The molecule has 1 heterocycles. The molecule has 23 heavy (non-hydrogen) atoms. The first-order valence-electron chi connectivity index (χ1n) is 8.77. The number of rotatable bonds is 12. The summed E-state index contributed by atoms with van der Waals surface area (Å²) in [6.45, 7) is 18.5. The Morgan fingerprint density at radius 1 is 0.696 bits per heavy atom. The minimum Gasteiger partial charge on any atom is -0.353 e. The Labute approximate surface area is 140 Å². The highest BCUT2D eigenvalue weighted by Gasteiger charge is 2.05. The number of hydrogen-bond donors (Lipinski definition) is 2. The third kappa shape index (κ3) is 7.56. The van der Waals surface area contributed by atoms with Crippen LogP contribution in [0, 0.1) is 6.92 Å². The van der Waals surface area contributed by atoms with Gasteiger partial charge in [-0.05, 0) is 33.1 Å². The molecule has 1 aromatic heterocycles. The molecule has 0 aliphatic carbocycles. The molecule has 0 spiro atoms. The van der Waals surface area contributed by atoms with Gasteiger partial charge in [-0.2, -0.15) is 15.0 Å². The minimum atomic E-state index is 0.648. The van der Waals surface area contributed by atoms with Crippen molar-refractivity contribution in [2.45, 2.75) is 34.6 Å². The highest BCUT2D eigenvalue weighted by molar-refractivity contribution is 5.34. The lowest BCUT2D eigenvalue weighted by Gasteiger charge is -2.19. The number of nitrogens with one attached hydrogen (secondary N) is 2. The molecule has 7 heteroatoms. The van der Waals surface area contributed by atoms with Gasteiger partial charge in [0.25, 0.3) is 0 Å². The van der Waals surface area contributed by atoms with Gasteiger partial charge in [0.1, 0.15) is 5.82 Å². The van der Waals surface area contributed by atoms with E-state index >= 15 is 0 Å². The Morgan fingerprint density at radius 2 is 1.09 bits per heavy atom. The fourth-order valence-corrected chi connectivity index (χ4v) is 2.37. The Morgan fingerprint density at radius 3 is 1.43 bits per heavy atom. The van der Waals surface area contributed by atoms with Gasteiger partial charge in [-0.3, -0.25) is 0 Å². The van der Waals surface area contributed by atoms with E-state index in [1.54, 1.807) is 0 Å². The van der Waals surface area contributed by atoms with Gasteiger partial charge in [0, 0.05) is 26.2 Å². The Hall–Kier alpha value is -1.47. The lowest BCUT2D eigenvalue weighted by atomic mass is 10.4. The molecule has 2 N–H and O–H groups in total. The van der Waals surface area contributed by atoms with E-state index in [1.807, 2.05) is 6.92 Å². The maximum atomic E-state index is 4.45. The van der Waals surface area contributed by atoms with Gasteiger partial charge in [-0.25, -0.2) is 0 Å². The first-order valence-corrected chi connectivity index (χ1v) is 8.77. The van der Waals surface area contributed by atoms with Crippen molar-refractivity contribution in [3.63, 3.8) is 0 Å². The van der Waals surface area contributed by atoms with Gasteiger partial charge in [0.05, 0.1) is 0 Å². The van der Waals surface area contributed by atoms with Crippen molar-refractivity contribution in [1.82, 2.24) is 24.8 Å². The van der Waals surface area contributed by atoms with Gasteiger partial charge < -0.3 is 20.4 Å². The van der Waals surface area contributed by atoms with Crippen LogP contribution in [0.3, 0.4) is 0 Å². The van der Waals surface area contributed by atoms with Crippen LogP contribution in [-0.4, -0.2) is 77.1 Å². The molecular formula is C16H33N7. The summed E-state index contributed by atoms with van der Waals surface area (Å²) in [7, 11) is 0. The number of anilines is 2. The summed E-state index contributed by atoms with van der Waals surface area (Å²) >= 11 is 0. The predicted octanol–water partition coefficient (Wildman–Crippen LogP) is 1.69. The van der Waals surface area contributed by atoms with Gasteiger partial charge in [-0.15, -0.1) is 0 Å². The summed E-state index contributed by atoms with van der Waals surface area (Å²) in [5.41, 5.74) is 0. The summed E-state index contributed by atoms with van der Waals surface area (Å²) in [5, 5.41) is 6.58. The van der Waals surface area contributed by atoms with Gasteiger partial charge in [0.2, 0.25) is 11.9 Å². The normalized spacial score (nSPS) is 11.3. The molecule has 1 aromatic rings. The lowest BCUT2D eigenvalue weighted by Crippen LogP contribution is -2.29. The second kappa shape index (κ2) is 11.1. The van der Waals surface area contributed by atoms with Gasteiger partial charge in [-0.1, -0.05) is 27.7 Å². The molecule has 0 radical (unpaired) electrons. The maximum absolute atomic E-state index is 4.45. The minimum absolute atomic E-state index is 0.648. The molecule has 0 atom stereocenters. The zero-order chi connectivity index (χ0) is 17.1. The lowest BCUT2D eigenvalue weighted by molar-refractivity contribution is 0.315. The van der Waals surface area contributed by atoms with E-state index in [1.165, 1.54) is 0 Å². The molecule has 132 valence electrons. The molecule has 0 bridgehead atoms. The Bertz CT molecular complexity index is 394. The quantitative estimate of drug-likeness (QED) is 0.606. The molecule has 0 aromatic carbocycles. The van der Waals surface area contributed by atoms with Crippen molar-refractivity contribution in [2.75, 3.05) is 63.0 Å². The van der Waals surface area contributed by atoms with Crippen molar-refractivity contribution in [3.8, 4) is 0 Å². The van der Waals surface area contributed by atoms with Gasteiger partial charge >= 0.3 is 0 Å². The number of likely N-dealkylation sites (N-methyl/N-ethyl adjacent to an activating group) is 2. The summed E-state index contributed by atoms with van der Waals surface area (Å²) in [5.74, 6) is 2.03. The van der Waals surface area contributed by atoms with Crippen LogP contribution in [0.4, 0.5) is 11.9 Å². The summed E-state index contributed by atoms with van der Waals surface area (Å²) in [6, 6.07) is 0. The summed E-state index contributed by atoms with van der Waals surface area (Å²) in [4.78, 5) is 17.9. The monoisotopic (exact) mass is 323 g/mol. The Balaban J connectivity index is 2.48. The van der Waals surface area contributed by atoms with E-state index in [9.17, 15) is 0 Å². The van der Waals surface area contributed by atoms with E-state index in [0.29, 0.717) is 11.9 Å². The summed E-state index contributed by atoms with van der Waals surface area (Å²) in [6.07, 6.45) is 0. The standard InChI is InChI=1S/C16H33N7/c1-6-22(7-2)12-10-17-15-19-14(5)20-16(21-15)18-11-13-23(8-3)9-4/h6-13H2,1-5H3,(H2,17,18,19,20,21). The van der Waals surface area contributed by atoms with Crippen molar-refractivity contribution >= 4 is 11.9 Å². The average molecular weight is 323 g/mol. The van der Waals surface area contributed by atoms with E-state index < -0.39 is 0 Å². The molecule has 0 amide bonds. The fraction of sp³-hybridized carbons (Fsp3) is 0.812. The first kappa shape index (κ1) is 19.6. The smallest absolute Gasteiger partial charge is 0.227 e. The number of nitrogens with zero attached hydrogens (tertiary/aromatic N) is 5. The van der Waals surface area contributed by atoms with Crippen LogP contribution in [0.2, 0.25) is 0 Å². The van der Waals surface area contributed by atoms with E-state index in [2.05, 4.69) is 63.1 Å². The van der Waals surface area contributed by atoms with Crippen LogP contribution < -0.4 is 10.6 Å². The largest absolute Gasteiger partial charge is 0.353 e. The highest BCUT2D eigenvalue weighted by Crippen LogP contribution is 2.05. The fourth-order valence-electron chi connectivity index (χ4n) is 2.37. The molecule has 0 aliphatic heterocycles. The number of aryl methyl sites for hydroxylation is 1. The zero-order valence-electron chi connectivity index (χ0n) is 15.4. The second-order valence-corrected chi connectivity index (χ2v) is 5.44. The molecule has 0 fully saturated rings. The van der Waals surface area contributed by atoms with Crippen LogP contribution in [0.15, 0.2) is 0 Å². The van der Waals surface area contributed by atoms with Crippen molar-refractivity contribution in [1.29, 1.82) is 0 Å². The van der Waals surface area contributed by atoms with Crippen LogP contribution in [-0.2, 0) is 0 Å². The summed E-state index contributed by atoms with van der Waals surface area (Å²) < 4.78 is 0. The van der Waals surface area contributed by atoms with Crippen LogP contribution in [0.5, 0.6) is 0 Å². The molecule has 1 rings (SSSR count). The maximum Gasteiger partial charge on any atom is 0.227 e. The highest BCUT2D eigenvalue weighted by atomic mass is 15.2. The van der Waals surface area contributed by atoms with Gasteiger partial charge in [0.15, 0.2) is 0 Å². The predicted molar refractivity (Wildman–Crippen MR) is 97.1 cm³/mol. The molecular weight excluding hydrogens is 290 g/mol. The Kier molecular flexibility index (Phi) is 9.47. The second-order valence-electron chi connectivity index (χ2n) is 5.44. The van der Waals surface area contributed by atoms with E-state index in [-0.39, 0.29) is 0 Å². The number of hydrogen-bond acceptors (Lipinski definition) is 7. The molecule has 0 saturated heterocycles. The zero-order valence-corrected chi connectivity index (χ0v) is 15.4. The number of aromatic nitrogens is 3. The van der Waals surface area contributed by atoms with Crippen molar-refractivity contribution < 1.29 is 0 Å². The van der Waals surface area contributed by atoms with Crippen LogP contribution >= 0.6 is 0 Å². The van der Waals surface area contributed by atoms with Crippen molar-refractivity contribution in [2.24, 2.45) is 0 Å². The van der Waals surface area contributed by atoms with Crippen LogP contribution in [0.1, 0.15) is 33.5 Å². The first-order chi connectivity index (χ1) is 11.1. The van der Waals surface area contributed by atoms with E-state index in [0.717, 1.165) is 58.2 Å². The SMILES string of the molecule is CCN(CC)CCNc1nc(C)nc(NCCN(CC)CC)n1. The average Bonchev–Trinajstić information content (AvgIpc) is 2.55. The van der Waals surface area contributed by atoms with Crippen LogP contribution in [0.25, 0.3) is 0 Å². The molecule has 0 unspecified atom stereocenters.